The molecule has 1 heterocycles. The number of nitriles is 1. The van der Waals surface area contributed by atoms with Crippen molar-refractivity contribution in [2.24, 2.45) is 0 Å². The zero-order valence-corrected chi connectivity index (χ0v) is 15.8. The van der Waals surface area contributed by atoms with Gasteiger partial charge in [-0.15, -0.1) is 0 Å². The minimum atomic E-state index is 0.0469. The van der Waals surface area contributed by atoms with Gasteiger partial charge in [0.25, 0.3) is 0 Å². The SMILES string of the molecule is CCN(CC)C(=O)CS/C(Nc1ccccc1)=C(\C#N)c1ccccn1. The van der Waals surface area contributed by atoms with Crippen molar-refractivity contribution in [2.75, 3.05) is 24.2 Å². The fourth-order valence-corrected chi connectivity index (χ4v) is 3.29. The molecule has 0 fully saturated rings. The van der Waals surface area contributed by atoms with Gasteiger partial charge in [0.2, 0.25) is 5.91 Å². The first kappa shape index (κ1) is 19.5. The molecule has 0 saturated heterocycles. The highest BCUT2D eigenvalue weighted by Gasteiger charge is 2.16. The fraction of sp³-hybridized carbons (Fsp3) is 0.250. The molecule has 0 saturated carbocycles. The first-order valence-corrected chi connectivity index (χ1v) is 9.46. The van der Waals surface area contributed by atoms with E-state index in [0.717, 1.165) is 5.69 Å². The molecule has 26 heavy (non-hydrogen) atoms. The molecule has 0 spiro atoms. The van der Waals surface area contributed by atoms with Gasteiger partial charge in [0.15, 0.2) is 0 Å². The summed E-state index contributed by atoms with van der Waals surface area (Å²) in [5, 5.41) is 13.6. The van der Waals surface area contributed by atoms with Gasteiger partial charge >= 0.3 is 0 Å². The van der Waals surface area contributed by atoms with Crippen LogP contribution in [0.5, 0.6) is 0 Å². The summed E-state index contributed by atoms with van der Waals surface area (Å²) in [7, 11) is 0. The number of aromatic nitrogens is 1. The first-order valence-electron chi connectivity index (χ1n) is 8.48. The Morgan fingerprint density at radius 3 is 2.42 bits per heavy atom. The van der Waals surface area contributed by atoms with Crippen molar-refractivity contribution in [3.8, 4) is 6.07 Å². The third kappa shape index (κ3) is 5.36. The third-order valence-corrected chi connectivity index (χ3v) is 4.73. The lowest BCUT2D eigenvalue weighted by Crippen LogP contribution is -2.32. The quantitative estimate of drug-likeness (QED) is 0.716. The molecule has 6 heteroatoms. The van der Waals surface area contributed by atoms with Gasteiger partial charge in [-0.2, -0.15) is 5.26 Å². The number of rotatable bonds is 8. The molecular formula is C20H22N4OS. The number of allylic oxidation sites excluding steroid dienone is 1. The lowest BCUT2D eigenvalue weighted by atomic mass is 10.2. The monoisotopic (exact) mass is 366 g/mol. The Labute approximate surface area is 158 Å². The summed E-state index contributed by atoms with van der Waals surface area (Å²) in [6.07, 6.45) is 1.65. The number of carbonyl (C=O) groups is 1. The van der Waals surface area contributed by atoms with Gasteiger partial charge in [0.05, 0.1) is 16.5 Å². The van der Waals surface area contributed by atoms with E-state index in [4.69, 9.17) is 0 Å². The molecule has 1 aromatic carbocycles. The van der Waals surface area contributed by atoms with Crippen molar-refractivity contribution in [1.29, 1.82) is 5.26 Å². The molecule has 0 radical (unpaired) electrons. The summed E-state index contributed by atoms with van der Waals surface area (Å²) < 4.78 is 0. The number of amides is 1. The summed E-state index contributed by atoms with van der Waals surface area (Å²) in [6, 6.07) is 17.3. The summed E-state index contributed by atoms with van der Waals surface area (Å²) in [5.74, 6) is 0.306. The molecular weight excluding hydrogens is 344 g/mol. The maximum Gasteiger partial charge on any atom is 0.232 e. The second-order valence-electron chi connectivity index (χ2n) is 5.38. The molecule has 2 rings (SSSR count). The lowest BCUT2D eigenvalue weighted by Gasteiger charge is -2.19. The number of carbonyl (C=O) groups excluding carboxylic acids is 1. The number of anilines is 1. The number of nitrogens with one attached hydrogen (secondary N) is 1. The van der Waals surface area contributed by atoms with Crippen LogP contribution in [0.2, 0.25) is 0 Å². The van der Waals surface area contributed by atoms with Crippen LogP contribution < -0.4 is 5.32 Å². The van der Waals surface area contributed by atoms with Gasteiger partial charge in [-0.25, -0.2) is 0 Å². The molecule has 5 nitrogen and oxygen atoms in total. The molecule has 0 aliphatic carbocycles. The van der Waals surface area contributed by atoms with Crippen LogP contribution in [0.3, 0.4) is 0 Å². The van der Waals surface area contributed by atoms with Crippen LogP contribution in [0.1, 0.15) is 19.5 Å². The van der Waals surface area contributed by atoms with E-state index in [-0.39, 0.29) is 11.7 Å². The largest absolute Gasteiger partial charge is 0.349 e. The first-order chi connectivity index (χ1) is 12.7. The van der Waals surface area contributed by atoms with Gasteiger partial charge in [0, 0.05) is 25.0 Å². The van der Waals surface area contributed by atoms with Crippen molar-refractivity contribution < 1.29 is 4.79 Å². The zero-order chi connectivity index (χ0) is 18.8. The van der Waals surface area contributed by atoms with E-state index in [0.29, 0.717) is 29.4 Å². The number of hydrogen-bond acceptors (Lipinski definition) is 5. The lowest BCUT2D eigenvalue weighted by molar-refractivity contribution is -0.127. The number of hydrogen-bond donors (Lipinski definition) is 1. The van der Waals surface area contributed by atoms with Crippen LogP contribution in [-0.2, 0) is 4.79 Å². The Bertz CT molecular complexity index is 780. The molecule has 134 valence electrons. The Morgan fingerprint density at radius 1 is 1.15 bits per heavy atom. The maximum atomic E-state index is 12.4. The van der Waals surface area contributed by atoms with E-state index in [9.17, 15) is 10.1 Å². The predicted molar refractivity (Wildman–Crippen MR) is 107 cm³/mol. The standard InChI is InChI=1S/C20H22N4OS/c1-3-24(4-2)19(25)15-26-20(23-16-10-6-5-7-11-16)17(14-21)18-12-8-9-13-22-18/h5-13,23H,3-4,15H2,1-2H3/b20-17+. The van der Waals surface area contributed by atoms with Crippen LogP contribution in [0, 0.1) is 11.3 Å². The smallest absolute Gasteiger partial charge is 0.232 e. The number of pyridine rings is 1. The van der Waals surface area contributed by atoms with E-state index in [1.807, 2.05) is 50.2 Å². The molecule has 1 N–H and O–H groups in total. The van der Waals surface area contributed by atoms with Crippen molar-refractivity contribution in [3.63, 3.8) is 0 Å². The highest BCUT2D eigenvalue weighted by Crippen LogP contribution is 2.27. The second kappa shape index (κ2) is 10.3. The Balaban J connectivity index is 2.31. The van der Waals surface area contributed by atoms with Crippen LogP contribution in [0.4, 0.5) is 5.69 Å². The minimum Gasteiger partial charge on any atom is -0.349 e. The van der Waals surface area contributed by atoms with Gasteiger partial charge in [-0.05, 0) is 38.1 Å². The van der Waals surface area contributed by atoms with Crippen LogP contribution in [0.15, 0.2) is 59.8 Å². The molecule has 0 unspecified atom stereocenters. The Hall–Kier alpha value is -2.78. The van der Waals surface area contributed by atoms with Crippen molar-refractivity contribution in [2.45, 2.75) is 13.8 Å². The third-order valence-electron chi connectivity index (χ3n) is 3.75. The van der Waals surface area contributed by atoms with Gasteiger partial charge in [-0.3, -0.25) is 9.78 Å². The fourth-order valence-electron chi connectivity index (χ4n) is 2.36. The number of benzene rings is 1. The zero-order valence-electron chi connectivity index (χ0n) is 15.0. The molecule has 0 aliphatic rings. The average molecular weight is 366 g/mol. The summed E-state index contributed by atoms with van der Waals surface area (Å²) >= 11 is 1.33. The van der Waals surface area contributed by atoms with E-state index in [1.54, 1.807) is 23.2 Å². The van der Waals surface area contributed by atoms with Gasteiger partial charge < -0.3 is 10.2 Å². The number of thioether (sulfide) groups is 1. The molecule has 1 aromatic heterocycles. The number of para-hydroxylation sites is 1. The number of nitrogens with zero attached hydrogens (tertiary/aromatic N) is 3. The highest BCUT2D eigenvalue weighted by molar-refractivity contribution is 8.04. The van der Waals surface area contributed by atoms with Gasteiger partial charge in [-0.1, -0.05) is 36.0 Å². The van der Waals surface area contributed by atoms with E-state index < -0.39 is 0 Å². The predicted octanol–water partition coefficient (Wildman–Crippen LogP) is 3.99. The van der Waals surface area contributed by atoms with E-state index in [1.165, 1.54) is 11.8 Å². The average Bonchev–Trinajstić information content (AvgIpc) is 2.69. The molecule has 0 aliphatic heterocycles. The molecule has 1 amide bonds. The van der Waals surface area contributed by atoms with E-state index >= 15 is 0 Å². The topological polar surface area (TPSA) is 69.0 Å². The molecule has 0 bridgehead atoms. The van der Waals surface area contributed by atoms with Crippen molar-refractivity contribution >= 4 is 28.9 Å². The summed E-state index contributed by atoms with van der Waals surface area (Å²) in [6.45, 7) is 5.26. The van der Waals surface area contributed by atoms with Gasteiger partial charge in [0.1, 0.15) is 11.6 Å². The van der Waals surface area contributed by atoms with Crippen LogP contribution in [0.25, 0.3) is 5.57 Å². The van der Waals surface area contributed by atoms with Crippen molar-refractivity contribution in [1.82, 2.24) is 9.88 Å². The Kier molecular flexibility index (Phi) is 7.72. The second-order valence-corrected chi connectivity index (χ2v) is 6.36. The summed E-state index contributed by atoms with van der Waals surface area (Å²) in [4.78, 5) is 18.4. The summed E-state index contributed by atoms with van der Waals surface area (Å²) in [5.41, 5.74) is 1.86. The van der Waals surface area contributed by atoms with Crippen LogP contribution in [-0.4, -0.2) is 34.6 Å². The highest BCUT2D eigenvalue weighted by atomic mass is 32.2. The molecule has 2 aromatic rings. The normalized spacial score (nSPS) is 11.3. The Morgan fingerprint density at radius 2 is 1.85 bits per heavy atom. The van der Waals surface area contributed by atoms with E-state index in [2.05, 4.69) is 16.4 Å². The minimum absolute atomic E-state index is 0.0469. The van der Waals surface area contributed by atoms with Crippen molar-refractivity contribution in [3.05, 3.63) is 65.5 Å². The van der Waals surface area contributed by atoms with Crippen LogP contribution >= 0.6 is 11.8 Å². The molecule has 0 atom stereocenters. The maximum absolute atomic E-state index is 12.4.